The first-order chi connectivity index (χ1) is 15.1. The summed E-state index contributed by atoms with van der Waals surface area (Å²) in [6, 6.07) is 22.4. The lowest BCUT2D eigenvalue weighted by molar-refractivity contribution is 0.414. The van der Waals surface area contributed by atoms with Gasteiger partial charge in [-0.3, -0.25) is 4.57 Å². The minimum Gasteiger partial charge on any atom is -0.497 e. The molecule has 0 fully saturated rings. The molecule has 5 nitrogen and oxygen atoms in total. The van der Waals surface area contributed by atoms with E-state index >= 15 is 0 Å². The third kappa shape index (κ3) is 4.59. The van der Waals surface area contributed by atoms with E-state index in [-0.39, 0.29) is 0 Å². The van der Waals surface area contributed by atoms with Gasteiger partial charge in [-0.1, -0.05) is 35.5 Å². The zero-order chi connectivity index (χ0) is 21.8. The van der Waals surface area contributed by atoms with E-state index in [1.54, 1.807) is 26.0 Å². The first-order valence-corrected chi connectivity index (χ1v) is 11.0. The van der Waals surface area contributed by atoms with E-state index in [1.807, 2.05) is 48.5 Å². The van der Waals surface area contributed by atoms with Gasteiger partial charge in [-0.15, -0.1) is 10.2 Å². The largest absolute Gasteiger partial charge is 0.497 e. The molecule has 0 radical (unpaired) electrons. The van der Waals surface area contributed by atoms with Crippen molar-refractivity contribution >= 4 is 11.8 Å². The van der Waals surface area contributed by atoms with E-state index in [0.29, 0.717) is 0 Å². The van der Waals surface area contributed by atoms with Crippen LogP contribution in [0.25, 0.3) is 17.1 Å². The van der Waals surface area contributed by atoms with Crippen LogP contribution in [0.4, 0.5) is 0 Å². The second-order valence-electron chi connectivity index (χ2n) is 7.29. The highest BCUT2D eigenvalue weighted by Crippen LogP contribution is 2.31. The number of ether oxygens (including phenoxy) is 2. The van der Waals surface area contributed by atoms with Crippen LogP contribution in [-0.4, -0.2) is 29.0 Å². The van der Waals surface area contributed by atoms with Crippen LogP contribution in [0, 0.1) is 13.8 Å². The van der Waals surface area contributed by atoms with Crippen LogP contribution in [0.1, 0.15) is 16.7 Å². The van der Waals surface area contributed by atoms with Crippen molar-refractivity contribution in [2.75, 3.05) is 14.2 Å². The number of rotatable bonds is 7. The number of nitrogens with zero attached hydrogens (tertiary/aromatic N) is 3. The number of thioether (sulfide) groups is 1. The molecule has 6 heteroatoms. The van der Waals surface area contributed by atoms with Gasteiger partial charge in [0.2, 0.25) is 0 Å². The molecule has 0 aliphatic rings. The molecule has 1 heterocycles. The Labute approximate surface area is 187 Å². The Hall–Kier alpha value is -3.25. The molecule has 31 heavy (non-hydrogen) atoms. The minimum atomic E-state index is 0.788. The molecule has 0 amide bonds. The van der Waals surface area contributed by atoms with Gasteiger partial charge in [0.25, 0.3) is 0 Å². The normalized spacial score (nSPS) is 10.8. The first-order valence-electron chi connectivity index (χ1n) is 10.0. The lowest BCUT2D eigenvalue weighted by atomic mass is 10.1. The van der Waals surface area contributed by atoms with Gasteiger partial charge < -0.3 is 9.47 Å². The van der Waals surface area contributed by atoms with Crippen LogP contribution in [0.2, 0.25) is 0 Å². The van der Waals surface area contributed by atoms with Crippen molar-refractivity contribution in [2.45, 2.75) is 24.8 Å². The molecule has 3 aromatic carbocycles. The summed E-state index contributed by atoms with van der Waals surface area (Å²) in [4.78, 5) is 0. The van der Waals surface area contributed by atoms with Gasteiger partial charge in [-0.05, 0) is 73.5 Å². The van der Waals surface area contributed by atoms with E-state index in [4.69, 9.17) is 9.47 Å². The van der Waals surface area contributed by atoms with Crippen molar-refractivity contribution in [3.8, 4) is 28.6 Å². The van der Waals surface area contributed by atoms with E-state index in [0.717, 1.165) is 39.5 Å². The molecule has 1 aromatic heterocycles. The third-order valence-corrected chi connectivity index (χ3v) is 6.15. The fourth-order valence-corrected chi connectivity index (χ4v) is 4.37. The predicted molar refractivity (Wildman–Crippen MR) is 125 cm³/mol. The van der Waals surface area contributed by atoms with Gasteiger partial charge in [-0.25, -0.2) is 0 Å². The highest BCUT2D eigenvalue weighted by molar-refractivity contribution is 7.98. The zero-order valence-electron chi connectivity index (χ0n) is 18.1. The summed E-state index contributed by atoms with van der Waals surface area (Å²) in [6.07, 6.45) is 0. The fraction of sp³-hybridized carbons (Fsp3) is 0.200. The molecule has 0 saturated carbocycles. The van der Waals surface area contributed by atoms with Crippen molar-refractivity contribution in [1.29, 1.82) is 0 Å². The highest BCUT2D eigenvalue weighted by atomic mass is 32.2. The molecule has 0 aliphatic carbocycles. The van der Waals surface area contributed by atoms with Crippen molar-refractivity contribution < 1.29 is 9.47 Å². The molecule has 158 valence electrons. The van der Waals surface area contributed by atoms with Gasteiger partial charge in [-0.2, -0.15) is 0 Å². The number of hydrogen-bond acceptors (Lipinski definition) is 5. The minimum absolute atomic E-state index is 0.788. The molecule has 0 spiro atoms. The monoisotopic (exact) mass is 431 g/mol. The molecular weight excluding hydrogens is 406 g/mol. The molecular formula is C25H25N3O2S. The van der Waals surface area contributed by atoms with Crippen molar-refractivity contribution in [1.82, 2.24) is 14.8 Å². The summed E-state index contributed by atoms with van der Waals surface area (Å²) < 4.78 is 12.7. The molecule has 4 aromatic rings. The summed E-state index contributed by atoms with van der Waals surface area (Å²) in [5, 5.41) is 9.91. The summed E-state index contributed by atoms with van der Waals surface area (Å²) in [5.41, 5.74) is 5.81. The van der Waals surface area contributed by atoms with Crippen LogP contribution >= 0.6 is 11.8 Å². The summed E-state index contributed by atoms with van der Waals surface area (Å²) in [5.74, 6) is 3.23. The van der Waals surface area contributed by atoms with Gasteiger partial charge in [0.1, 0.15) is 11.5 Å². The van der Waals surface area contributed by atoms with Gasteiger partial charge in [0, 0.05) is 17.0 Å². The van der Waals surface area contributed by atoms with Crippen LogP contribution < -0.4 is 9.47 Å². The lowest BCUT2D eigenvalue weighted by Gasteiger charge is -2.12. The molecule has 4 rings (SSSR count). The Morgan fingerprint density at radius 1 is 0.806 bits per heavy atom. The molecule has 0 saturated heterocycles. The highest BCUT2D eigenvalue weighted by Gasteiger charge is 2.17. The third-order valence-electron chi connectivity index (χ3n) is 5.17. The average Bonchev–Trinajstić information content (AvgIpc) is 3.23. The van der Waals surface area contributed by atoms with Crippen LogP contribution in [-0.2, 0) is 5.75 Å². The van der Waals surface area contributed by atoms with Gasteiger partial charge >= 0.3 is 0 Å². The number of aromatic nitrogens is 3. The maximum atomic E-state index is 5.33. The van der Waals surface area contributed by atoms with Gasteiger partial charge in [0.05, 0.1) is 14.2 Å². The Kier molecular flexibility index (Phi) is 6.28. The van der Waals surface area contributed by atoms with Gasteiger partial charge in [0.15, 0.2) is 11.0 Å². The Balaban J connectivity index is 1.73. The summed E-state index contributed by atoms with van der Waals surface area (Å²) in [7, 11) is 3.33. The maximum Gasteiger partial charge on any atom is 0.196 e. The second-order valence-corrected chi connectivity index (χ2v) is 8.23. The zero-order valence-corrected chi connectivity index (χ0v) is 18.9. The maximum absolute atomic E-state index is 5.33. The molecule has 0 aliphatic heterocycles. The first kappa shape index (κ1) is 21.0. The van der Waals surface area contributed by atoms with E-state index in [1.165, 1.54) is 16.7 Å². The summed E-state index contributed by atoms with van der Waals surface area (Å²) >= 11 is 1.68. The van der Waals surface area contributed by atoms with E-state index in [2.05, 4.69) is 46.8 Å². The van der Waals surface area contributed by atoms with Crippen molar-refractivity contribution in [3.63, 3.8) is 0 Å². The lowest BCUT2D eigenvalue weighted by Crippen LogP contribution is -2.00. The number of methoxy groups -OCH3 is 2. The standard InChI is InChI=1S/C25H25N3O2S/c1-17-5-6-18(2)20(15-17)16-31-25-27-26-24(19-7-11-22(29-3)12-8-19)28(25)21-9-13-23(30-4)14-10-21/h5-15H,16H2,1-4H3. The topological polar surface area (TPSA) is 49.2 Å². The smallest absolute Gasteiger partial charge is 0.196 e. The number of benzene rings is 3. The second kappa shape index (κ2) is 9.27. The van der Waals surface area contributed by atoms with Crippen LogP contribution in [0.5, 0.6) is 11.5 Å². The van der Waals surface area contributed by atoms with Crippen LogP contribution in [0.3, 0.4) is 0 Å². The Bertz CT molecular complexity index is 1170. The SMILES string of the molecule is COc1ccc(-c2nnc(SCc3cc(C)ccc3C)n2-c2ccc(OC)cc2)cc1. The van der Waals surface area contributed by atoms with Crippen molar-refractivity contribution in [2.24, 2.45) is 0 Å². The quantitative estimate of drug-likeness (QED) is 0.343. The molecule has 0 N–H and O–H groups in total. The van der Waals surface area contributed by atoms with Crippen LogP contribution in [0.15, 0.2) is 71.9 Å². The Morgan fingerprint density at radius 2 is 1.45 bits per heavy atom. The van der Waals surface area contributed by atoms with E-state index in [9.17, 15) is 0 Å². The Morgan fingerprint density at radius 3 is 2.10 bits per heavy atom. The molecule has 0 atom stereocenters. The summed E-state index contributed by atoms with van der Waals surface area (Å²) in [6.45, 7) is 4.27. The van der Waals surface area contributed by atoms with E-state index < -0.39 is 0 Å². The molecule has 0 bridgehead atoms. The predicted octanol–water partition coefficient (Wildman–Crippen LogP) is 5.86. The average molecular weight is 432 g/mol. The van der Waals surface area contributed by atoms with Crippen molar-refractivity contribution in [3.05, 3.63) is 83.4 Å². The number of hydrogen-bond donors (Lipinski definition) is 0. The number of aryl methyl sites for hydroxylation is 2. The fourth-order valence-electron chi connectivity index (χ4n) is 3.35. The molecule has 0 unspecified atom stereocenters.